The molecule has 144 valence electrons. The van der Waals surface area contributed by atoms with Crippen LogP contribution in [-0.2, 0) is 16.1 Å². The number of carbonyl (C=O) groups is 2. The zero-order valence-electron chi connectivity index (χ0n) is 15.7. The van der Waals surface area contributed by atoms with E-state index in [4.69, 9.17) is 23.2 Å². The largest absolute Gasteiger partial charge is 0.332 e. The van der Waals surface area contributed by atoms with E-state index in [9.17, 15) is 9.59 Å². The second-order valence-corrected chi connectivity index (χ2v) is 7.55. The Bertz CT molecular complexity index is 809. The van der Waals surface area contributed by atoms with Gasteiger partial charge in [-0.1, -0.05) is 47.0 Å². The van der Waals surface area contributed by atoms with Gasteiger partial charge in [-0.15, -0.1) is 0 Å². The van der Waals surface area contributed by atoms with Crippen molar-refractivity contribution in [1.82, 2.24) is 4.90 Å². The zero-order chi connectivity index (χ0) is 20.0. The number of quaternary nitrogens is 1. The minimum absolute atomic E-state index is 0.00168. The third-order valence-corrected chi connectivity index (χ3v) is 4.69. The molecule has 2 rings (SSSR count). The molecule has 27 heavy (non-hydrogen) atoms. The fourth-order valence-electron chi connectivity index (χ4n) is 2.59. The van der Waals surface area contributed by atoms with Crippen molar-refractivity contribution < 1.29 is 14.5 Å². The number of rotatable bonds is 7. The van der Waals surface area contributed by atoms with E-state index in [-0.39, 0.29) is 24.9 Å². The molecule has 2 N–H and O–H groups in total. The zero-order valence-corrected chi connectivity index (χ0v) is 17.2. The van der Waals surface area contributed by atoms with Crippen molar-refractivity contribution in [1.29, 1.82) is 0 Å². The number of nitrogens with zero attached hydrogens (tertiary/aromatic N) is 1. The number of halogens is 2. The van der Waals surface area contributed by atoms with Crippen molar-refractivity contribution in [3.63, 3.8) is 0 Å². The average molecular weight is 409 g/mol. The summed E-state index contributed by atoms with van der Waals surface area (Å²) in [5, 5.41) is 3.96. The molecule has 0 aromatic heterocycles. The van der Waals surface area contributed by atoms with E-state index in [1.54, 1.807) is 19.2 Å². The van der Waals surface area contributed by atoms with Crippen molar-refractivity contribution >= 4 is 40.7 Å². The molecule has 0 radical (unpaired) electrons. The second-order valence-electron chi connectivity index (χ2n) is 6.71. The first-order valence-corrected chi connectivity index (χ1v) is 9.36. The van der Waals surface area contributed by atoms with Gasteiger partial charge in [-0.2, -0.15) is 0 Å². The van der Waals surface area contributed by atoms with Crippen LogP contribution in [0.5, 0.6) is 0 Å². The summed E-state index contributed by atoms with van der Waals surface area (Å²) in [6, 6.07) is 12.8. The molecule has 0 aliphatic heterocycles. The summed E-state index contributed by atoms with van der Waals surface area (Å²) in [5.74, 6) is -0.343. The minimum Gasteiger partial charge on any atom is -0.332 e. The molecule has 5 nitrogen and oxygen atoms in total. The number of amides is 2. The van der Waals surface area contributed by atoms with E-state index in [2.05, 4.69) is 5.32 Å². The Balaban J connectivity index is 1.83. The van der Waals surface area contributed by atoms with E-state index >= 15 is 0 Å². The normalized spacial score (nSPS) is 11.7. The molecule has 0 aliphatic carbocycles. The fourth-order valence-corrected chi connectivity index (χ4v) is 3.06. The molecule has 0 bridgehead atoms. The molecule has 1 atom stereocenters. The van der Waals surface area contributed by atoms with Crippen molar-refractivity contribution in [3.8, 4) is 0 Å². The maximum absolute atomic E-state index is 12.4. The Kier molecular flexibility index (Phi) is 7.66. The Morgan fingerprint density at radius 3 is 2.41 bits per heavy atom. The van der Waals surface area contributed by atoms with Gasteiger partial charge in [0.05, 0.1) is 18.6 Å². The van der Waals surface area contributed by atoms with Gasteiger partial charge in [0.1, 0.15) is 6.54 Å². The highest BCUT2D eigenvalue weighted by atomic mass is 35.5. The van der Waals surface area contributed by atoms with Crippen LogP contribution in [0.15, 0.2) is 42.5 Å². The number of anilines is 1. The highest BCUT2D eigenvalue weighted by molar-refractivity contribution is 6.35. The van der Waals surface area contributed by atoms with Crippen molar-refractivity contribution in [2.75, 3.05) is 32.5 Å². The van der Waals surface area contributed by atoms with Gasteiger partial charge in [0.15, 0.2) is 6.54 Å². The van der Waals surface area contributed by atoms with Crippen LogP contribution in [0.1, 0.15) is 11.1 Å². The molecule has 2 aromatic rings. The summed E-state index contributed by atoms with van der Waals surface area (Å²) in [5.41, 5.74) is 2.75. The van der Waals surface area contributed by atoms with Crippen molar-refractivity contribution in [2.24, 2.45) is 0 Å². The predicted molar refractivity (Wildman–Crippen MR) is 109 cm³/mol. The van der Waals surface area contributed by atoms with Gasteiger partial charge >= 0.3 is 0 Å². The monoisotopic (exact) mass is 408 g/mol. The van der Waals surface area contributed by atoms with Crippen molar-refractivity contribution in [2.45, 2.75) is 13.5 Å². The molecule has 2 amide bonds. The molecule has 0 heterocycles. The van der Waals surface area contributed by atoms with Crippen LogP contribution in [0.3, 0.4) is 0 Å². The van der Waals surface area contributed by atoms with Gasteiger partial charge in [0.25, 0.3) is 5.91 Å². The van der Waals surface area contributed by atoms with Crippen LogP contribution in [0.25, 0.3) is 0 Å². The number of nitrogens with one attached hydrogen (secondary N) is 2. The van der Waals surface area contributed by atoms with Gasteiger partial charge in [0, 0.05) is 23.3 Å². The van der Waals surface area contributed by atoms with Crippen LogP contribution >= 0.6 is 23.2 Å². The summed E-state index contributed by atoms with van der Waals surface area (Å²) in [7, 11) is 3.53. The lowest BCUT2D eigenvalue weighted by Gasteiger charge is -2.20. The quantitative estimate of drug-likeness (QED) is 0.738. The lowest BCUT2D eigenvalue weighted by atomic mass is 10.2. The number of likely N-dealkylation sites (N-methyl/N-ethyl adjacent to an activating group) is 2. The van der Waals surface area contributed by atoms with Crippen LogP contribution in [-0.4, -0.2) is 43.9 Å². The van der Waals surface area contributed by atoms with Gasteiger partial charge in [0.2, 0.25) is 5.91 Å². The summed E-state index contributed by atoms with van der Waals surface area (Å²) in [6.45, 7) is 2.83. The maximum atomic E-state index is 12.4. The van der Waals surface area contributed by atoms with Gasteiger partial charge < -0.3 is 15.1 Å². The number of hydrogen-bond donors (Lipinski definition) is 2. The molecule has 7 heteroatoms. The number of hydrogen-bond acceptors (Lipinski definition) is 2. The van der Waals surface area contributed by atoms with Gasteiger partial charge in [-0.05, 0) is 31.2 Å². The van der Waals surface area contributed by atoms with E-state index in [1.165, 1.54) is 4.90 Å². The maximum Gasteiger partial charge on any atom is 0.277 e. The Morgan fingerprint density at radius 2 is 1.78 bits per heavy atom. The molecule has 0 saturated heterocycles. The van der Waals surface area contributed by atoms with E-state index < -0.39 is 0 Å². The summed E-state index contributed by atoms with van der Waals surface area (Å²) in [4.78, 5) is 26.9. The summed E-state index contributed by atoms with van der Waals surface area (Å²) >= 11 is 12.1. The highest BCUT2D eigenvalue weighted by Crippen LogP contribution is 2.20. The Labute approximate surface area is 169 Å². The molecular formula is C20H24Cl2N3O2+. The van der Waals surface area contributed by atoms with Gasteiger partial charge in [-0.25, -0.2) is 0 Å². The Morgan fingerprint density at radius 1 is 1.11 bits per heavy atom. The van der Waals surface area contributed by atoms with Crippen LogP contribution in [0.4, 0.5) is 5.69 Å². The third kappa shape index (κ3) is 6.86. The predicted octanol–water partition coefficient (Wildman–Crippen LogP) is 2.41. The summed E-state index contributed by atoms with van der Waals surface area (Å²) < 4.78 is 0. The number of carbonyl (C=O) groups excluding carboxylic acids is 2. The van der Waals surface area contributed by atoms with E-state index in [1.807, 2.05) is 44.3 Å². The first-order chi connectivity index (χ1) is 12.7. The van der Waals surface area contributed by atoms with E-state index in [0.29, 0.717) is 22.3 Å². The molecule has 0 aliphatic rings. The van der Waals surface area contributed by atoms with E-state index in [0.717, 1.165) is 16.0 Å². The molecule has 0 saturated carbocycles. The van der Waals surface area contributed by atoms with Crippen LogP contribution < -0.4 is 10.2 Å². The fraction of sp³-hybridized carbons (Fsp3) is 0.300. The summed E-state index contributed by atoms with van der Waals surface area (Å²) in [6.07, 6.45) is 0. The molecule has 1 unspecified atom stereocenters. The van der Waals surface area contributed by atoms with Crippen molar-refractivity contribution in [3.05, 3.63) is 63.6 Å². The van der Waals surface area contributed by atoms with Crippen LogP contribution in [0, 0.1) is 6.92 Å². The molecule has 0 spiro atoms. The molecule has 2 aromatic carbocycles. The first-order valence-electron chi connectivity index (χ1n) is 8.60. The number of aryl methyl sites for hydroxylation is 1. The standard InChI is InChI=1S/C20H23Cl2N3O2/c1-14-4-8-17(9-5-14)23-19(26)12-25(3)20(27)13-24(2)11-15-6-7-16(21)10-18(15)22/h4-10H,11-13H2,1-3H3,(H,23,26)/p+1. The second kappa shape index (κ2) is 9.74. The van der Waals surface area contributed by atoms with Gasteiger partial charge in [-0.3, -0.25) is 9.59 Å². The average Bonchev–Trinajstić information content (AvgIpc) is 2.59. The third-order valence-electron chi connectivity index (χ3n) is 4.10. The van der Waals surface area contributed by atoms with Crippen LogP contribution in [0.2, 0.25) is 10.0 Å². The lowest BCUT2D eigenvalue weighted by Crippen LogP contribution is -3.08. The Hall–Kier alpha value is -2.08. The SMILES string of the molecule is Cc1ccc(NC(=O)CN(C)C(=O)C[NH+](C)Cc2ccc(Cl)cc2Cl)cc1. The first kappa shape index (κ1) is 21.2. The molecule has 0 fully saturated rings. The highest BCUT2D eigenvalue weighted by Gasteiger charge is 2.18. The minimum atomic E-state index is -0.229. The number of benzene rings is 2. The molecular weight excluding hydrogens is 385 g/mol. The smallest absolute Gasteiger partial charge is 0.277 e. The topological polar surface area (TPSA) is 53.9 Å². The lowest BCUT2D eigenvalue weighted by molar-refractivity contribution is -0.885.